The van der Waals surface area contributed by atoms with Gasteiger partial charge in [-0.25, -0.2) is 4.79 Å². The molecule has 4 nitrogen and oxygen atoms in total. The zero-order valence-corrected chi connectivity index (χ0v) is 10.7. The summed E-state index contributed by atoms with van der Waals surface area (Å²) in [6.07, 6.45) is 0.951. The van der Waals surface area contributed by atoms with Gasteiger partial charge < -0.3 is 15.5 Å². The lowest BCUT2D eigenvalue weighted by Crippen LogP contribution is -2.56. The van der Waals surface area contributed by atoms with E-state index in [9.17, 15) is 4.79 Å². The number of amides is 2. The second-order valence-corrected chi connectivity index (χ2v) is 4.46. The van der Waals surface area contributed by atoms with E-state index >= 15 is 0 Å². The fraction of sp³-hybridized carbons (Fsp3) is 0.909. The van der Waals surface area contributed by atoms with Crippen LogP contribution in [0.2, 0.25) is 0 Å². The van der Waals surface area contributed by atoms with E-state index < -0.39 is 0 Å². The maximum atomic E-state index is 12.1. The Morgan fingerprint density at radius 3 is 2.20 bits per heavy atom. The van der Waals surface area contributed by atoms with Crippen molar-refractivity contribution in [2.75, 3.05) is 26.7 Å². The van der Waals surface area contributed by atoms with Crippen molar-refractivity contribution in [3.63, 3.8) is 0 Å². The highest BCUT2D eigenvalue weighted by atomic mass is 16.2. The minimum Gasteiger partial charge on any atom is -0.328 e. The summed E-state index contributed by atoms with van der Waals surface area (Å²) < 4.78 is 0. The van der Waals surface area contributed by atoms with E-state index in [0.29, 0.717) is 6.54 Å². The molecule has 0 fully saturated rings. The molecule has 0 aromatic carbocycles. The van der Waals surface area contributed by atoms with Crippen molar-refractivity contribution in [3.8, 4) is 0 Å². The Morgan fingerprint density at radius 2 is 1.87 bits per heavy atom. The van der Waals surface area contributed by atoms with Crippen LogP contribution in [-0.4, -0.2) is 48.1 Å². The first-order chi connectivity index (χ1) is 6.90. The van der Waals surface area contributed by atoms with Gasteiger partial charge in [-0.2, -0.15) is 0 Å². The molecule has 0 bridgehead atoms. The van der Waals surface area contributed by atoms with Crippen molar-refractivity contribution in [2.24, 2.45) is 5.73 Å². The lowest BCUT2D eigenvalue weighted by atomic mass is 10.0. The third kappa shape index (κ3) is 3.70. The van der Waals surface area contributed by atoms with Crippen LogP contribution in [0.3, 0.4) is 0 Å². The predicted molar refractivity (Wildman–Crippen MR) is 63.8 cm³/mol. The van der Waals surface area contributed by atoms with Crippen LogP contribution in [0.4, 0.5) is 4.79 Å². The van der Waals surface area contributed by atoms with Crippen LogP contribution in [0.15, 0.2) is 0 Å². The zero-order chi connectivity index (χ0) is 12.1. The first-order valence-corrected chi connectivity index (χ1v) is 5.63. The molecule has 2 amide bonds. The molecular weight excluding hydrogens is 190 g/mol. The number of nitrogens with two attached hydrogens (primary N) is 1. The van der Waals surface area contributed by atoms with Crippen LogP contribution >= 0.6 is 0 Å². The van der Waals surface area contributed by atoms with Crippen molar-refractivity contribution in [1.82, 2.24) is 9.80 Å². The number of nitrogens with zero attached hydrogens (tertiary/aromatic N) is 2. The Labute approximate surface area is 93.4 Å². The van der Waals surface area contributed by atoms with Crippen LogP contribution in [0, 0.1) is 0 Å². The highest BCUT2D eigenvalue weighted by Gasteiger charge is 2.30. The molecule has 0 aromatic rings. The monoisotopic (exact) mass is 215 g/mol. The quantitative estimate of drug-likeness (QED) is 0.755. The summed E-state index contributed by atoms with van der Waals surface area (Å²) in [5.41, 5.74) is 5.44. The number of rotatable bonds is 5. The average molecular weight is 215 g/mol. The highest BCUT2D eigenvalue weighted by Crippen LogP contribution is 2.15. The summed E-state index contributed by atoms with van der Waals surface area (Å²) in [6, 6.07) is 0.0646. The molecule has 4 heteroatoms. The first kappa shape index (κ1) is 14.2. The number of carbonyl (C=O) groups is 1. The largest absolute Gasteiger partial charge is 0.328 e. The molecule has 0 aliphatic heterocycles. The maximum absolute atomic E-state index is 12.1. The SMILES string of the molecule is CCCN(C(=O)N(C)CC)C(C)(C)CN. The Bertz CT molecular complexity index is 204. The van der Waals surface area contributed by atoms with Crippen LogP contribution in [0.1, 0.15) is 34.1 Å². The number of carbonyl (C=O) groups excluding carboxylic acids is 1. The number of hydrogen-bond acceptors (Lipinski definition) is 2. The Hall–Kier alpha value is -0.770. The summed E-state index contributed by atoms with van der Waals surface area (Å²) in [6.45, 7) is 10.0. The fourth-order valence-electron chi connectivity index (χ4n) is 1.33. The molecule has 90 valence electrons. The van der Waals surface area contributed by atoms with E-state index in [2.05, 4.69) is 6.92 Å². The van der Waals surface area contributed by atoms with Crippen LogP contribution < -0.4 is 5.73 Å². The second-order valence-electron chi connectivity index (χ2n) is 4.46. The molecule has 0 aliphatic carbocycles. The highest BCUT2D eigenvalue weighted by molar-refractivity contribution is 5.75. The van der Waals surface area contributed by atoms with Gasteiger partial charge in [0.25, 0.3) is 0 Å². The Morgan fingerprint density at radius 1 is 1.33 bits per heavy atom. The molecule has 0 saturated carbocycles. The molecule has 0 heterocycles. The molecule has 0 aliphatic rings. The van der Waals surface area contributed by atoms with Crippen molar-refractivity contribution in [3.05, 3.63) is 0 Å². The molecule has 0 saturated heterocycles. The topological polar surface area (TPSA) is 49.6 Å². The average Bonchev–Trinajstić information content (AvgIpc) is 2.23. The molecule has 0 aromatic heterocycles. The normalized spacial score (nSPS) is 11.3. The van der Waals surface area contributed by atoms with Gasteiger partial charge in [0.2, 0.25) is 0 Å². The van der Waals surface area contributed by atoms with Crippen LogP contribution in [-0.2, 0) is 0 Å². The van der Waals surface area contributed by atoms with Crippen molar-refractivity contribution >= 4 is 6.03 Å². The van der Waals surface area contributed by atoms with E-state index in [0.717, 1.165) is 19.5 Å². The number of hydrogen-bond donors (Lipinski definition) is 1. The Balaban J connectivity index is 4.73. The van der Waals surface area contributed by atoms with Gasteiger partial charge in [-0.05, 0) is 27.2 Å². The van der Waals surface area contributed by atoms with Gasteiger partial charge >= 0.3 is 6.03 Å². The maximum Gasteiger partial charge on any atom is 0.320 e. The van der Waals surface area contributed by atoms with Crippen molar-refractivity contribution < 1.29 is 4.79 Å². The minimum absolute atomic E-state index is 0.0646. The van der Waals surface area contributed by atoms with Gasteiger partial charge in [0, 0.05) is 26.7 Å². The van der Waals surface area contributed by atoms with Gasteiger partial charge in [0.05, 0.1) is 5.54 Å². The van der Waals surface area contributed by atoms with Gasteiger partial charge in [-0.3, -0.25) is 0 Å². The Kier molecular flexibility index (Phi) is 5.65. The van der Waals surface area contributed by atoms with Crippen molar-refractivity contribution in [1.29, 1.82) is 0 Å². The van der Waals surface area contributed by atoms with Gasteiger partial charge in [-0.15, -0.1) is 0 Å². The molecule has 15 heavy (non-hydrogen) atoms. The summed E-state index contributed by atoms with van der Waals surface area (Å²) in [5, 5.41) is 0. The predicted octanol–water partition coefficient (Wildman–Crippen LogP) is 1.51. The lowest BCUT2D eigenvalue weighted by Gasteiger charge is -2.39. The van der Waals surface area contributed by atoms with E-state index in [1.807, 2.05) is 32.7 Å². The van der Waals surface area contributed by atoms with E-state index in [1.54, 1.807) is 4.90 Å². The molecule has 2 N–H and O–H groups in total. The van der Waals surface area contributed by atoms with Gasteiger partial charge in [-0.1, -0.05) is 6.92 Å². The van der Waals surface area contributed by atoms with Gasteiger partial charge in [0.15, 0.2) is 0 Å². The molecule has 0 unspecified atom stereocenters. The van der Waals surface area contributed by atoms with Crippen LogP contribution in [0.5, 0.6) is 0 Å². The van der Waals surface area contributed by atoms with Crippen molar-refractivity contribution in [2.45, 2.75) is 39.7 Å². The summed E-state index contributed by atoms with van der Waals surface area (Å²) >= 11 is 0. The second kappa shape index (κ2) is 5.95. The van der Waals surface area contributed by atoms with Crippen LogP contribution in [0.25, 0.3) is 0 Å². The zero-order valence-electron chi connectivity index (χ0n) is 10.7. The fourth-order valence-corrected chi connectivity index (χ4v) is 1.33. The molecular formula is C11H25N3O. The molecule has 0 radical (unpaired) electrons. The molecule has 0 rings (SSSR count). The minimum atomic E-state index is -0.267. The molecule has 0 spiro atoms. The van der Waals surface area contributed by atoms with Gasteiger partial charge in [0.1, 0.15) is 0 Å². The third-order valence-corrected chi connectivity index (χ3v) is 2.71. The summed E-state index contributed by atoms with van der Waals surface area (Å²) in [4.78, 5) is 15.6. The smallest absolute Gasteiger partial charge is 0.320 e. The first-order valence-electron chi connectivity index (χ1n) is 5.63. The van der Waals surface area contributed by atoms with E-state index in [1.165, 1.54) is 0 Å². The third-order valence-electron chi connectivity index (χ3n) is 2.71. The lowest BCUT2D eigenvalue weighted by molar-refractivity contribution is 0.113. The van der Waals surface area contributed by atoms with E-state index in [-0.39, 0.29) is 11.6 Å². The summed E-state index contributed by atoms with van der Waals surface area (Å²) in [7, 11) is 1.82. The van der Waals surface area contributed by atoms with E-state index in [4.69, 9.17) is 5.73 Å². The molecule has 0 atom stereocenters. The summed E-state index contributed by atoms with van der Waals surface area (Å²) in [5.74, 6) is 0. The standard InChI is InChI=1S/C11H25N3O/c1-6-8-14(11(3,4)9-12)10(15)13(5)7-2/h6-9,12H2,1-5H3. The number of urea groups is 1.